The first-order chi connectivity index (χ1) is 9.06. The van der Waals surface area contributed by atoms with Gasteiger partial charge in [-0.3, -0.25) is 0 Å². The van der Waals surface area contributed by atoms with Gasteiger partial charge in [0.25, 0.3) is 0 Å². The minimum absolute atomic E-state index is 1.02. The van der Waals surface area contributed by atoms with Crippen molar-refractivity contribution in [3.8, 4) is 0 Å². The molecule has 0 fully saturated rings. The summed E-state index contributed by atoms with van der Waals surface area (Å²) in [5, 5.41) is 0. The Kier molecular flexibility index (Phi) is 2.82. The molecule has 2 aromatic rings. The van der Waals surface area contributed by atoms with E-state index in [1.807, 2.05) is 22.7 Å². The van der Waals surface area contributed by atoms with E-state index in [-0.39, 0.29) is 0 Å². The van der Waals surface area contributed by atoms with Crippen LogP contribution in [0.5, 0.6) is 0 Å². The first-order valence-corrected chi connectivity index (χ1v) is 9.33. The van der Waals surface area contributed by atoms with Gasteiger partial charge in [0.15, 0.2) is 0 Å². The molecule has 0 aromatic carbocycles. The van der Waals surface area contributed by atoms with Crippen molar-refractivity contribution in [2.24, 2.45) is 0 Å². The van der Waals surface area contributed by atoms with Crippen LogP contribution in [0.3, 0.4) is 0 Å². The van der Waals surface area contributed by atoms with Gasteiger partial charge in [0.1, 0.15) is 0 Å². The van der Waals surface area contributed by atoms with Gasteiger partial charge in [0, 0.05) is 9.75 Å². The van der Waals surface area contributed by atoms with Gasteiger partial charge >= 0.3 is 0 Å². The topological polar surface area (TPSA) is 6.48 Å². The Balaban J connectivity index is 1.88. The second kappa shape index (κ2) is 4.23. The molecule has 2 aliphatic rings. The maximum atomic E-state index is 3.69. The van der Waals surface area contributed by atoms with Crippen LogP contribution in [0.2, 0.25) is 0 Å². The van der Waals surface area contributed by atoms with E-state index >= 15 is 0 Å². The van der Waals surface area contributed by atoms with Crippen molar-refractivity contribution in [1.82, 2.24) is 0 Å². The van der Waals surface area contributed by atoms with Gasteiger partial charge in [-0.2, -0.15) is 0 Å². The molecule has 19 heavy (non-hydrogen) atoms. The van der Waals surface area contributed by atoms with Gasteiger partial charge in [-0.05, 0) is 56.8 Å². The molecular formula is C13H12Br2N2S2. The molecule has 0 spiro atoms. The van der Waals surface area contributed by atoms with E-state index in [1.54, 1.807) is 0 Å². The third-order valence-corrected chi connectivity index (χ3v) is 8.17. The molecule has 0 radical (unpaired) electrons. The lowest BCUT2D eigenvalue weighted by molar-refractivity contribution is 0.662. The molecule has 6 heteroatoms. The lowest BCUT2D eigenvalue weighted by Crippen LogP contribution is -2.45. The molecule has 0 unspecified atom stereocenters. The van der Waals surface area contributed by atoms with Crippen molar-refractivity contribution in [2.45, 2.75) is 26.9 Å². The summed E-state index contributed by atoms with van der Waals surface area (Å²) in [4.78, 5) is 8.01. The molecule has 4 heterocycles. The molecular weight excluding hydrogens is 408 g/mol. The van der Waals surface area contributed by atoms with Crippen molar-refractivity contribution in [3.05, 3.63) is 28.5 Å². The second-order valence-corrected chi connectivity index (χ2v) is 9.93. The van der Waals surface area contributed by atoms with E-state index in [4.69, 9.17) is 0 Å². The third kappa shape index (κ3) is 1.69. The third-order valence-electron chi connectivity index (χ3n) is 3.90. The quantitative estimate of drug-likeness (QED) is 0.575. The monoisotopic (exact) mass is 418 g/mol. The highest BCUT2D eigenvalue weighted by Crippen LogP contribution is 2.50. The molecule has 2 nitrogen and oxygen atoms in total. The fraction of sp³-hybridized carbons (Fsp3) is 0.385. The molecule has 0 amide bonds. The lowest BCUT2D eigenvalue weighted by Gasteiger charge is -2.43. The average molecular weight is 420 g/mol. The number of thiophene rings is 2. The van der Waals surface area contributed by atoms with Crippen LogP contribution >= 0.6 is 54.5 Å². The predicted molar refractivity (Wildman–Crippen MR) is 90.7 cm³/mol. The normalized spacial score (nSPS) is 16.6. The summed E-state index contributed by atoms with van der Waals surface area (Å²) in [6, 6.07) is 0. The number of hydrogen-bond acceptors (Lipinski definition) is 4. The maximum absolute atomic E-state index is 3.69. The van der Waals surface area contributed by atoms with Crippen molar-refractivity contribution in [2.75, 3.05) is 16.5 Å². The average Bonchev–Trinajstić information content (AvgIpc) is 2.79. The molecule has 2 aliphatic heterocycles. The van der Waals surface area contributed by atoms with E-state index in [1.165, 1.54) is 39.8 Å². The smallest absolute Gasteiger partial charge is 0.0911 e. The van der Waals surface area contributed by atoms with Crippen LogP contribution < -0.4 is 9.80 Å². The van der Waals surface area contributed by atoms with Gasteiger partial charge in [0.2, 0.25) is 0 Å². The molecule has 0 saturated carbocycles. The van der Waals surface area contributed by atoms with Crippen LogP contribution in [0, 0.1) is 13.8 Å². The summed E-state index contributed by atoms with van der Waals surface area (Å²) in [6.07, 6.45) is 0. The fourth-order valence-corrected chi connectivity index (χ4v) is 6.74. The van der Waals surface area contributed by atoms with Crippen LogP contribution in [0.25, 0.3) is 0 Å². The summed E-state index contributed by atoms with van der Waals surface area (Å²) < 4.78 is 2.57. The summed E-state index contributed by atoms with van der Waals surface area (Å²) in [6.45, 7) is 7.55. The number of rotatable bonds is 0. The summed E-state index contributed by atoms with van der Waals surface area (Å²) in [5.41, 5.74) is 5.72. The SMILES string of the molecule is Cc1c(Br)sc2c1N1Cc3sc(Br)c(C)c3N(C2)C1. The van der Waals surface area contributed by atoms with Gasteiger partial charge in [0.05, 0.1) is 38.7 Å². The first-order valence-electron chi connectivity index (χ1n) is 6.11. The highest BCUT2D eigenvalue weighted by molar-refractivity contribution is 9.11. The Bertz CT molecular complexity index is 631. The maximum Gasteiger partial charge on any atom is 0.0911 e. The molecule has 0 atom stereocenters. The van der Waals surface area contributed by atoms with Crippen molar-refractivity contribution >= 4 is 65.9 Å². The van der Waals surface area contributed by atoms with Crippen LogP contribution in [-0.2, 0) is 13.1 Å². The molecule has 0 aliphatic carbocycles. The molecule has 4 rings (SSSR count). The van der Waals surface area contributed by atoms with Crippen LogP contribution in [0.4, 0.5) is 11.4 Å². The summed E-state index contributed by atoms with van der Waals surface area (Å²) >= 11 is 11.2. The zero-order valence-electron chi connectivity index (χ0n) is 10.6. The summed E-state index contributed by atoms with van der Waals surface area (Å²) in [5.74, 6) is 0. The Morgan fingerprint density at radius 1 is 0.842 bits per heavy atom. The minimum Gasteiger partial charge on any atom is -0.347 e. The van der Waals surface area contributed by atoms with E-state index in [2.05, 4.69) is 55.5 Å². The van der Waals surface area contributed by atoms with Crippen molar-refractivity contribution < 1.29 is 0 Å². The second-order valence-electron chi connectivity index (χ2n) is 5.08. The van der Waals surface area contributed by atoms with Crippen molar-refractivity contribution in [1.29, 1.82) is 0 Å². The van der Waals surface area contributed by atoms with Gasteiger partial charge in [-0.1, -0.05) is 0 Å². The van der Waals surface area contributed by atoms with Crippen LogP contribution in [-0.4, -0.2) is 6.67 Å². The van der Waals surface area contributed by atoms with E-state index in [0.717, 1.165) is 19.8 Å². The highest BCUT2D eigenvalue weighted by atomic mass is 79.9. The molecule has 2 bridgehead atoms. The minimum atomic E-state index is 1.02. The predicted octanol–water partition coefficient (Wildman–Crippen LogP) is 5.25. The molecule has 0 saturated heterocycles. The fourth-order valence-electron chi connectivity index (χ4n) is 3.06. The Morgan fingerprint density at radius 3 is 1.68 bits per heavy atom. The number of fused-ring (bicyclic) bond motifs is 6. The van der Waals surface area contributed by atoms with E-state index in [0.29, 0.717) is 0 Å². The van der Waals surface area contributed by atoms with Crippen LogP contribution in [0.15, 0.2) is 7.57 Å². The van der Waals surface area contributed by atoms with Gasteiger partial charge < -0.3 is 9.80 Å². The van der Waals surface area contributed by atoms with Crippen molar-refractivity contribution in [3.63, 3.8) is 0 Å². The standard InChI is InChI=1S/C13H12Br2N2S2/c1-6-10-8(18-12(6)14)3-17-5-16(10)4-9-11(17)7(2)13(15)19-9/h3-5H2,1-2H3. The number of halogens is 2. The molecule has 100 valence electrons. The number of hydrogen-bond donors (Lipinski definition) is 0. The van der Waals surface area contributed by atoms with Gasteiger partial charge in [-0.15, -0.1) is 22.7 Å². The number of anilines is 2. The molecule has 2 aromatic heterocycles. The Hall–Kier alpha value is -0.0400. The Morgan fingerprint density at radius 2 is 1.26 bits per heavy atom. The van der Waals surface area contributed by atoms with Crippen LogP contribution in [0.1, 0.15) is 20.9 Å². The first kappa shape index (κ1) is 12.7. The largest absolute Gasteiger partial charge is 0.347 e. The van der Waals surface area contributed by atoms with Gasteiger partial charge in [-0.25, -0.2) is 0 Å². The lowest BCUT2D eigenvalue weighted by atomic mass is 10.1. The highest BCUT2D eigenvalue weighted by Gasteiger charge is 2.35. The number of nitrogens with zero attached hydrogens (tertiary/aromatic N) is 2. The summed E-state index contributed by atoms with van der Waals surface area (Å²) in [7, 11) is 0. The molecule has 0 N–H and O–H groups in total. The Labute approximate surface area is 137 Å². The zero-order valence-corrected chi connectivity index (χ0v) is 15.4. The zero-order chi connectivity index (χ0) is 13.3. The van der Waals surface area contributed by atoms with E-state index < -0.39 is 0 Å². The van der Waals surface area contributed by atoms with E-state index in [9.17, 15) is 0 Å².